The predicted octanol–water partition coefficient (Wildman–Crippen LogP) is 1.62. The molecule has 0 unspecified atom stereocenters. The summed E-state index contributed by atoms with van der Waals surface area (Å²) in [6, 6.07) is 6.88. The Morgan fingerprint density at radius 3 is 2.78 bits per heavy atom. The predicted molar refractivity (Wildman–Crippen MR) is 68.4 cm³/mol. The third-order valence-corrected chi connectivity index (χ3v) is 2.01. The average Bonchev–Trinajstić information content (AvgIpc) is 2.32. The van der Waals surface area contributed by atoms with Crippen LogP contribution >= 0.6 is 0 Å². The van der Waals surface area contributed by atoms with E-state index >= 15 is 0 Å². The highest BCUT2D eigenvalue weighted by Gasteiger charge is 2.04. The molecule has 0 atom stereocenters. The Labute approximate surface area is 107 Å². The lowest BCUT2D eigenvalue weighted by molar-refractivity contribution is -0.148. The lowest BCUT2D eigenvalue weighted by atomic mass is 10.3. The molecule has 0 spiro atoms. The highest BCUT2D eigenvalue weighted by molar-refractivity contribution is 5.71. The van der Waals surface area contributed by atoms with Gasteiger partial charge in [-0.25, -0.2) is 4.79 Å². The van der Waals surface area contributed by atoms with Gasteiger partial charge in [0, 0.05) is 11.8 Å². The first-order valence-corrected chi connectivity index (χ1v) is 5.83. The van der Waals surface area contributed by atoms with Crippen LogP contribution in [-0.2, 0) is 14.3 Å². The molecule has 0 saturated heterocycles. The van der Waals surface area contributed by atoms with Gasteiger partial charge in [0.05, 0.1) is 12.7 Å². The topological polar surface area (TPSA) is 70.8 Å². The SMILES string of the molecule is CC(C)OCCOC(=O)COc1cccc(N)c1. The van der Waals surface area contributed by atoms with E-state index in [0.717, 1.165) is 0 Å². The van der Waals surface area contributed by atoms with E-state index in [1.54, 1.807) is 24.3 Å². The molecule has 0 bridgehead atoms. The summed E-state index contributed by atoms with van der Waals surface area (Å²) in [6.45, 7) is 4.33. The van der Waals surface area contributed by atoms with Gasteiger partial charge < -0.3 is 19.9 Å². The second-order valence-corrected chi connectivity index (χ2v) is 4.00. The van der Waals surface area contributed by atoms with E-state index in [-0.39, 0.29) is 19.3 Å². The zero-order valence-corrected chi connectivity index (χ0v) is 10.7. The summed E-state index contributed by atoms with van der Waals surface area (Å²) in [6.07, 6.45) is 0.132. The van der Waals surface area contributed by atoms with Gasteiger partial charge in [-0.1, -0.05) is 6.07 Å². The first-order valence-electron chi connectivity index (χ1n) is 5.83. The molecule has 1 aromatic rings. The zero-order valence-electron chi connectivity index (χ0n) is 10.7. The van der Waals surface area contributed by atoms with E-state index in [2.05, 4.69) is 0 Å². The third-order valence-electron chi connectivity index (χ3n) is 2.01. The smallest absolute Gasteiger partial charge is 0.344 e. The first kappa shape index (κ1) is 14.3. The Hall–Kier alpha value is -1.75. The molecule has 0 aromatic heterocycles. The Morgan fingerprint density at radius 2 is 2.11 bits per heavy atom. The fourth-order valence-corrected chi connectivity index (χ4v) is 1.23. The van der Waals surface area contributed by atoms with Crippen molar-refractivity contribution >= 4 is 11.7 Å². The van der Waals surface area contributed by atoms with Gasteiger partial charge in [-0.2, -0.15) is 0 Å². The van der Waals surface area contributed by atoms with E-state index in [1.165, 1.54) is 0 Å². The lowest BCUT2D eigenvalue weighted by Gasteiger charge is -2.09. The minimum atomic E-state index is -0.426. The maximum atomic E-state index is 11.3. The number of ether oxygens (including phenoxy) is 3. The molecule has 0 aliphatic rings. The van der Waals surface area contributed by atoms with Gasteiger partial charge in [-0.15, -0.1) is 0 Å². The van der Waals surface area contributed by atoms with E-state index < -0.39 is 5.97 Å². The quantitative estimate of drug-likeness (QED) is 0.454. The monoisotopic (exact) mass is 253 g/mol. The molecule has 0 aliphatic carbocycles. The van der Waals surface area contributed by atoms with Crippen molar-refractivity contribution in [1.29, 1.82) is 0 Å². The van der Waals surface area contributed by atoms with E-state index in [9.17, 15) is 4.79 Å². The Morgan fingerprint density at radius 1 is 1.33 bits per heavy atom. The number of esters is 1. The molecular formula is C13H19NO4. The van der Waals surface area contributed by atoms with Gasteiger partial charge in [0.15, 0.2) is 6.61 Å². The normalized spacial score (nSPS) is 10.4. The minimum absolute atomic E-state index is 0.132. The van der Waals surface area contributed by atoms with Crippen molar-refractivity contribution in [2.24, 2.45) is 0 Å². The molecule has 100 valence electrons. The zero-order chi connectivity index (χ0) is 13.4. The van der Waals surface area contributed by atoms with Gasteiger partial charge in [-0.05, 0) is 26.0 Å². The number of hydrogen-bond acceptors (Lipinski definition) is 5. The number of hydrogen-bond donors (Lipinski definition) is 1. The molecule has 0 heterocycles. The van der Waals surface area contributed by atoms with Gasteiger partial charge >= 0.3 is 5.97 Å². The molecule has 5 nitrogen and oxygen atoms in total. The number of rotatable bonds is 7. The van der Waals surface area contributed by atoms with Crippen LogP contribution in [-0.4, -0.2) is 31.9 Å². The molecule has 0 fully saturated rings. The molecule has 0 radical (unpaired) electrons. The molecule has 0 amide bonds. The molecular weight excluding hydrogens is 234 g/mol. The summed E-state index contributed by atoms with van der Waals surface area (Å²) in [4.78, 5) is 11.3. The first-order chi connectivity index (χ1) is 8.58. The fourth-order valence-electron chi connectivity index (χ4n) is 1.23. The highest BCUT2D eigenvalue weighted by atomic mass is 16.6. The van der Waals surface area contributed by atoms with Gasteiger partial charge in [0.2, 0.25) is 0 Å². The van der Waals surface area contributed by atoms with Crippen molar-refractivity contribution < 1.29 is 19.0 Å². The Bertz CT molecular complexity index is 379. The van der Waals surface area contributed by atoms with Crippen LogP contribution < -0.4 is 10.5 Å². The summed E-state index contributed by atoms with van der Waals surface area (Å²) >= 11 is 0. The van der Waals surface area contributed by atoms with Crippen molar-refractivity contribution in [3.8, 4) is 5.75 Å². The van der Waals surface area contributed by atoms with Crippen LogP contribution in [0.25, 0.3) is 0 Å². The number of benzene rings is 1. The maximum Gasteiger partial charge on any atom is 0.344 e. The van der Waals surface area contributed by atoms with Crippen LogP contribution in [0.1, 0.15) is 13.8 Å². The van der Waals surface area contributed by atoms with Gasteiger partial charge in [-0.3, -0.25) is 0 Å². The van der Waals surface area contributed by atoms with Crippen LogP contribution in [0.3, 0.4) is 0 Å². The third kappa shape index (κ3) is 6.10. The average molecular weight is 253 g/mol. The summed E-state index contributed by atoms with van der Waals surface area (Å²) in [5.74, 6) is 0.121. The van der Waals surface area contributed by atoms with E-state index in [0.29, 0.717) is 18.0 Å². The number of carbonyl (C=O) groups is 1. The number of anilines is 1. The van der Waals surface area contributed by atoms with Crippen LogP contribution in [0.2, 0.25) is 0 Å². The summed E-state index contributed by atoms with van der Waals surface area (Å²) in [5, 5.41) is 0. The van der Waals surface area contributed by atoms with E-state index in [1.807, 2.05) is 13.8 Å². The minimum Gasteiger partial charge on any atom is -0.482 e. The second-order valence-electron chi connectivity index (χ2n) is 4.00. The van der Waals surface area contributed by atoms with E-state index in [4.69, 9.17) is 19.9 Å². The maximum absolute atomic E-state index is 11.3. The van der Waals surface area contributed by atoms with Crippen LogP contribution in [0.15, 0.2) is 24.3 Å². The molecule has 1 aromatic carbocycles. The number of nitrogens with two attached hydrogens (primary N) is 1. The number of carbonyl (C=O) groups excluding carboxylic acids is 1. The molecule has 1 rings (SSSR count). The molecule has 0 saturated carbocycles. The molecule has 2 N–H and O–H groups in total. The summed E-state index contributed by atoms with van der Waals surface area (Å²) in [5.41, 5.74) is 6.17. The van der Waals surface area contributed by atoms with Crippen LogP contribution in [0, 0.1) is 0 Å². The molecule has 18 heavy (non-hydrogen) atoms. The standard InChI is InChI=1S/C13H19NO4/c1-10(2)16-6-7-17-13(15)9-18-12-5-3-4-11(14)8-12/h3-5,8,10H,6-7,9,14H2,1-2H3. The van der Waals surface area contributed by atoms with Crippen molar-refractivity contribution in [3.05, 3.63) is 24.3 Å². The summed E-state index contributed by atoms with van der Waals surface area (Å²) < 4.78 is 15.4. The molecule has 0 aliphatic heterocycles. The van der Waals surface area contributed by atoms with Gasteiger partial charge in [0.1, 0.15) is 12.4 Å². The van der Waals surface area contributed by atoms with Crippen LogP contribution in [0.5, 0.6) is 5.75 Å². The highest BCUT2D eigenvalue weighted by Crippen LogP contribution is 2.14. The van der Waals surface area contributed by atoms with Crippen molar-refractivity contribution in [3.63, 3.8) is 0 Å². The van der Waals surface area contributed by atoms with Crippen LogP contribution in [0.4, 0.5) is 5.69 Å². The Kier molecular flexibility index (Phi) is 6.00. The number of nitrogen functional groups attached to an aromatic ring is 1. The molecule has 5 heteroatoms. The summed E-state index contributed by atoms with van der Waals surface area (Å²) in [7, 11) is 0. The van der Waals surface area contributed by atoms with Crippen molar-refractivity contribution in [1.82, 2.24) is 0 Å². The fraction of sp³-hybridized carbons (Fsp3) is 0.462. The lowest BCUT2D eigenvalue weighted by Crippen LogP contribution is -2.18. The largest absolute Gasteiger partial charge is 0.482 e. The van der Waals surface area contributed by atoms with Crippen molar-refractivity contribution in [2.75, 3.05) is 25.6 Å². The van der Waals surface area contributed by atoms with Gasteiger partial charge in [0.25, 0.3) is 0 Å². The second kappa shape index (κ2) is 7.55. The van der Waals surface area contributed by atoms with Crippen molar-refractivity contribution in [2.45, 2.75) is 20.0 Å². The Balaban J connectivity index is 2.17.